The summed E-state index contributed by atoms with van der Waals surface area (Å²) in [7, 11) is 6.84. The third-order valence-electron chi connectivity index (χ3n) is 9.69. The predicted octanol–water partition coefficient (Wildman–Crippen LogP) is 2.04. The molecule has 2 aromatic rings. The number of nitrogens with two attached hydrogens (primary N) is 1. The number of nitrogens with zero attached hydrogens (tertiary/aromatic N) is 3. The number of aliphatic hydroxyl groups excluding tert-OH is 2. The van der Waals surface area contributed by atoms with Crippen LogP contribution in [-0.4, -0.2) is 101 Å². The van der Waals surface area contributed by atoms with Crippen molar-refractivity contribution in [1.82, 2.24) is 9.80 Å². The average Bonchev–Trinajstić information content (AvgIpc) is 3.63. The number of hydrogen-bond acceptors (Lipinski definition) is 11. The summed E-state index contributed by atoms with van der Waals surface area (Å²) in [4.78, 5) is 45.7. The van der Waals surface area contributed by atoms with Crippen LogP contribution in [0.15, 0.2) is 45.3 Å². The van der Waals surface area contributed by atoms with Crippen LogP contribution < -0.4 is 10.6 Å². The Kier molecular flexibility index (Phi) is 7.14. The largest absolute Gasteiger partial charge is 0.510 e. The lowest BCUT2D eigenvalue weighted by Crippen LogP contribution is -2.63. The first-order valence-corrected chi connectivity index (χ1v) is 14.8. The highest BCUT2D eigenvalue weighted by Crippen LogP contribution is 2.54. The van der Waals surface area contributed by atoms with E-state index in [0.717, 1.165) is 31.7 Å². The van der Waals surface area contributed by atoms with E-state index < -0.39 is 58.0 Å². The van der Waals surface area contributed by atoms with Crippen LogP contribution in [0, 0.1) is 11.8 Å². The number of aliphatic hydroxyl groups is 3. The van der Waals surface area contributed by atoms with Crippen molar-refractivity contribution in [1.29, 1.82) is 0 Å². The van der Waals surface area contributed by atoms with Gasteiger partial charge in [0.15, 0.2) is 11.4 Å². The number of fused-ring (bicyclic) bond motifs is 3. The fraction of sp³-hybridized carbons (Fsp3) is 0.469. The van der Waals surface area contributed by atoms with Crippen LogP contribution in [0.2, 0.25) is 0 Å². The maximum absolute atomic E-state index is 14.3. The van der Waals surface area contributed by atoms with Gasteiger partial charge in [-0.2, -0.15) is 0 Å². The molecule has 44 heavy (non-hydrogen) atoms. The normalized spacial score (nSPS) is 27.1. The summed E-state index contributed by atoms with van der Waals surface area (Å²) in [5, 5.41) is 46.0. The first-order chi connectivity index (χ1) is 20.8. The first kappa shape index (κ1) is 29.9. The number of likely N-dealkylation sites (tertiary alicyclic amines) is 1. The Hall–Kier alpha value is -4.13. The maximum Gasteiger partial charge on any atom is 0.255 e. The zero-order chi connectivity index (χ0) is 31.8. The van der Waals surface area contributed by atoms with Crippen molar-refractivity contribution in [2.45, 2.75) is 43.9 Å². The van der Waals surface area contributed by atoms with Crippen molar-refractivity contribution in [3.05, 3.63) is 57.8 Å². The molecule has 6 rings (SSSR count). The highest BCUT2D eigenvalue weighted by atomic mass is 16.4. The van der Waals surface area contributed by atoms with E-state index in [1.54, 1.807) is 26.2 Å². The Labute approximate surface area is 254 Å². The summed E-state index contributed by atoms with van der Waals surface area (Å²) in [5.74, 6) is -5.71. The van der Waals surface area contributed by atoms with Crippen molar-refractivity contribution < 1.29 is 39.2 Å². The lowest BCUT2D eigenvalue weighted by atomic mass is 9.58. The molecular formula is C32H38N4O8. The molecule has 1 aromatic carbocycles. The molecule has 234 valence electrons. The van der Waals surface area contributed by atoms with E-state index in [9.17, 15) is 34.8 Å². The molecule has 2 heterocycles. The Morgan fingerprint density at radius 1 is 1.11 bits per heavy atom. The van der Waals surface area contributed by atoms with Gasteiger partial charge in [0, 0.05) is 31.3 Å². The topological polar surface area (TPSA) is 181 Å². The third-order valence-corrected chi connectivity index (χ3v) is 9.69. The van der Waals surface area contributed by atoms with Crippen LogP contribution in [0.4, 0.5) is 5.69 Å². The van der Waals surface area contributed by atoms with Crippen LogP contribution in [0.5, 0.6) is 5.75 Å². The van der Waals surface area contributed by atoms with Crippen molar-refractivity contribution >= 4 is 23.2 Å². The average molecular weight is 607 g/mol. The second kappa shape index (κ2) is 10.5. The third kappa shape index (κ3) is 4.26. The number of Topliss-reactive ketones (excluding diaryl/α,β-unsaturated/α-hetero) is 2. The number of carbonyl (C=O) groups is 3. The number of carbonyl (C=O) groups excluding carboxylic acids is 3. The van der Waals surface area contributed by atoms with Crippen molar-refractivity contribution in [3.63, 3.8) is 0 Å². The van der Waals surface area contributed by atoms with Crippen LogP contribution >= 0.6 is 0 Å². The highest BCUT2D eigenvalue weighted by molar-refractivity contribution is 6.25. The molecule has 1 saturated heterocycles. The minimum Gasteiger partial charge on any atom is -0.510 e. The fourth-order valence-corrected chi connectivity index (χ4v) is 7.65. The van der Waals surface area contributed by atoms with E-state index in [1.807, 2.05) is 25.1 Å². The molecule has 3 aliphatic carbocycles. The number of furan rings is 1. The lowest BCUT2D eigenvalue weighted by Gasteiger charge is -2.50. The summed E-state index contributed by atoms with van der Waals surface area (Å²) in [6.07, 6.45) is 2.50. The number of benzene rings is 1. The summed E-state index contributed by atoms with van der Waals surface area (Å²) >= 11 is 0. The van der Waals surface area contributed by atoms with Crippen molar-refractivity contribution in [2.75, 3.05) is 46.2 Å². The molecule has 0 radical (unpaired) electrons. The number of hydrogen-bond donors (Lipinski definition) is 5. The minimum atomic E-state index is -2.69. The molecule has 4 atom stereocenters. The zero-order valence-corrected chi connectivity index (χ0v) is 25.3. The summed E-state index contributed by atoms with van der Waals surface area (Å²) in [6.45, 7) is 2.60. The Balaban J connectivity index is 1.49. The van der Waals surface area contributed by atoms with Crippen molar-refractivity contribution in [2.24, 2.45) is 17.6 Å². The smallest absolute Gasteiger partial charge is 0.255 e. The quantitative estimate of drug-likeness (QED) is 0.304. The number of anilines is 1. The van der Waals surface area contributed by atoms with E-state index >= 15 is 0 Å². The van der Waals surface area contributed by atoms with Gasteiger partial charge in [0.2, 0.25) is 5.78 Å². The number of aromatic hydroxyl groups is 1. The van der Waals surface area contributed by atoms with Gasteiger partial charge in [-0.15, -0.1) is 0 Å². The molecule has 12 heteroatoms. The van der Waals surface area contributed by atoms with Gasteiger partial charge in [0.05, 0.1) is 23.7 Å². The first-order valence-electron chi connectivity index (χ1n) is 14.8. The minimum absolute atomic E-state index is 0.0270. The monoisotopic (exact) mass is 606 g/mol. The second-order valence-corrected chi connectivity index (χ2v) is 12.8. The Bertz CT molecular complexity index is 1650. The molecule has 0 saturated carbocycles. The molecule has 1 fully saturated rings. The summed E-state index contributed by atoms with van der Waals surface area (Å²) < 4.78 is 6.13. The van der Waals surface area contributed by atoms with E-state index in [-0.39, 0.29) is 29.7 Å². The molecule has 4 aliphatic rings. The predicted molar refractivity (Wildman–Crippen MR) is 160 cm³/mol. The number of ketones is 2. The van der Waals surface area contributed by atoms with Gasteiger partial charge in [-0.25, -0.2) is 0 Å². The van der Waals surface area contributed by atoms with Crippen LogP contribution in [-0.2, 0) is 22.6 Å². The van der Waals surface area contributed by atoms with Gasteiger partial charge in [-0.1, -0.05) is 0 Å². The number of phenolic OH excluding ortho intramolecular Hbond substituents is 1. The molecule has 1 aromatic heterocycles. The second-order valence-electron chi connectivity index (χ2n) is 12.8. The number of amides is 1. The standard InChI is InChI=1S/C32H38N4O8/c1-34(2)20-13-18(21-8-7-16(44-21)14-36-9-5-6-10-36)26(37)23-17(20)11-15-12-19-25(35(3)4)28(39)24(31(33)42)30(41)32(19,43)29(40)22(15)27(23)38/h7-8,13,15,19,25,37,39-40,43H,5-6,9-12,14H2,1-4H3,(H2,33,42)/t15-,19-,25-,32-/m0/s1. The molecule has 0 unspecified atom stereocenters. The van der Waals surface area contributed by atoms with Gasteiger partial charge < -0.3 is 35.5 Å². The molecule has 0 bridgehead atoms. The molecular weight excluding hydrogens is 568 g/mol. The molecule has 6 N–H and O–H groups in total. The van der Waals surface area contributed by atoms with Gasteiger partial charge >= 0.3 is 0 Å². The Morgan fingerprint density at radius 3 is 2.41 bits per heavy atom. The summed E-state index contributed by atoms with van der Waals surface area (Å²) in [5.41, 5.74) is 3.17. The molecule has 12 nitrogen and oxygen atoms in total. The number of phenols is 1. The van der Waals surface area contributed by atoms with E-state index in [4.69, 9.17) is 10.2 Å². The number of rotatable bonds is 6. The van der Waals surface area contributed by atoms with Crippen molar-refractivity contribution in [3.8, 4) is 17.1 Å². The van der Waals surface area contributed by atoms with E-state index in [0.29, 0.717) is 29.1 Å². The molecule has 0 spiro atoms. The Morgan fingerprint density at radius 2 is 1.80 bits per heavy atom. The zero-order valence-electron chi connectivity index (χ0n) is 25.3. The maximum atomic E-state index is 14.3. The fourth-order valence-electron chi connectivity index (χ4n) is 7.65. The van der Waals surface area contributed by atoms with Gasteiger partial charge in [0.1, 0.15) is 34.4 Å². The van der Waals surface area contributed by atoms with Crippen LogP contribution in [0.1, 0.15) is 40.9 Å². The van der Waals surface area contributed by atoms with Gasteiger partial charge in [0.25, 0.3) is 5.91 Å². The molecule has 1 amide bonds. The van der Waals surface area contributed by atoms with E-state index in [2.05, 4.69) is 4.90 Å². The lowest BCUT2D eigenvalue weighted by molar-refractivity contribution is -0.148. The van der Waals surface area contributed by atoms with Crippen LogP contribution in [0.25, 0.3) is 11.3 Å². The molecule has 1 aliphatic heterocycles. The van der Waals surface area contributed by atoms with Gasteiger partial charge in [-0.3, -0.25) is 24.2 Å². The SMILES string of the molecule is CN(C)c1cc(-c2ccc(CN3CCCC3)o2)c(O)c2c1C[C@H]1C[C@H]3[C@H](N(C)C)C(O)=C(C(N)=O)C(=O)[C@@]3(O)C(O)=C1C2=O. The summed E-state index contributed by atoms with van der Waals surface area (Å²) in [6, 6.07) is 4.33. The highest BCUT2D eigenvalue weighted by Gasteiger charge is 2.63. The van der Waals surface area contributed by atoms with E-state index in [1.165, 1.54) is 4.90 Å². The van der Waals surface area contributed by atoms with Gasteiger partial charge in [-0.05, 0) is 82.5 Å². The van der Waals surface area contributed by atoms with Crippen LogP contribution in [0.3, 0.4) is 0 Å². The number of primary amides is 1. The number of allylic oxidation sites excluding steroid dienone is 1. The number of likely N-dealkylation sites (N-methyl/N-ethyl adjacent to an activating group) is 1.